The van der Waals surface area contributed by atoms with Gasteiger partial charge in [0.2, 0.25) is 5.95 Å². The maximum Gasteiger partial charge on any atom is 0.234 e. The van der Waals surface area contributed by atoms with Crippen LogP contribution in [0.1, 0.15) is 0 Å². The fourth-order valence-corrected chi connectivity index (χ4v) is 11.1. The SMILES string of the molecule is c1ccc(-c2nc(-c3ccccc3)nc(-c3cnc(-n4c5ccc(-c6ccc7c(c6)c6ccccc6n7-c6ccccc6)cc5c5cc(-c6ccc7c(c6)c6ccccc6n7-c6ccccc6)ccc54)nc3)n2)cc1. The van der Waals surface area contributed by atoms with Gasteiger partial charge in [-0.15, -0.1) is 0 Å². The van der Waals surface area contributed by atoms with Gasteiger partial charge in [0.25, 0.3) is 0 Å². The summed E-state index contributed by atoms with van der Waals surface area (Å²) in [6.07, 6.45) is 3.65. The molecule has 8 nitrogen and oxygen atoms in total. The molecule has 0 aliphatic heterocycles. The molecule has 350 valence electrons. The van der Waals surface area contributed by atoms with Crippen LogP contribution >= 0.6 is 0 Å². The molecule has 0 atom stereocenters. The third-order valence-corrected chi connectivity index (χ3v) is 14.6. The quantitative estimate of drug-likeness (QED) is 0.152. The standard InChI is InChI=1S/C67H42N8/c1-5-17-43(18-6-1)64-70-65(44-19-7-2-8-20-44)72-66(71-64)49-41-68-67(69-42-49)75-62-35-31-47(45-29-33-60-54(37-45)52-25-13-15-27-58(52)73(60)50-21-9-3-10-22-50)39-56(62)57-40-48(32-36-63(57)75)46-30-34-61-55(38-46)53-26-14-16-28-59(53)74(61)51-23-11-4-12-24-51/h1-42H. The maximum atomic E-state index is 5.09. The molecule has 15 rings (SSSR count). The molecule has 5 heterocycles. The zero-order valence-electron chi connectivity index (χ0n) is 40.3. The second-order valence-corrected chi connectivity index (χ2v) is 18.9. The molecule has 0 amide bonds. The highest BCUT2D eigenvalue weighted by Crippen LogP contribution is 2.41. The second kappa shape index (κ2) is 17.2. The largest absolute Gasteiger partial charge is 0.309 e. The summed E-state index contributed by atoms with van der Waals surface area (Å²) in [6, 6.07) is 85.9. The maximum absolute atomic E-state index is 5.09. The number of benzene rings is 10. The lowest BCUT2D eigenvalue weighted by Gasteiger charge is -2.10. The molecule has 0 radical (unpaired) electrons. The van der Waals surface area contributed by atoms with Crippen LogP contribution in [0.3, 0.4) is 0 Å². The predicted molar refractivity (Wildman–Crippen MR) is 306 cm³/mol. The van der Waals surface area contributed by atoms with Crippen molar-refractivity contribution in [3.05, 3.63) is 255 Å². The average Bonchev–Trinajstić information content (AvgIpc) is 4.18. The van der Waals surface area contributed by atoms with Crippen molar-refractivity contribution in [2.24, 2.45) is 0 Å². The third kappa shape index (κ3) is 7.03. The number of nitrogens with zero attached hydrogens (tertiary/aromatic N) is 8. The van der Waals surface area contributed by atoms with Gasteiger partial charge in [0.05, 0.1) is 38.7 Å². The molecular weight excluding hydrogens is 917 g/mol. The van der Waals surface area contributed by atoms with Crippen LogP contribution in [0, 0.1) is 0 Å². The first-order chi connectivity index (χ1) is 37.2. The minimum absolute atomic E-state index is 0.499. The monoisotopic (exact) mass is 958 g/mol. The van der Waals surface area contributed by atoms with E-state index in [2.05, 4.69) is 196 Å². The molecule has 0 aliphatic rings. The lowest BCUT2D eigenvalue weighted by molar-refractivity contribution is 0.982. The van der Waals surface area contributed by atoms with Gasteiger partial charge in [0.15, 0.2) is 17.5 Å². The lowest BCUT2D eigenvalue weighted by Crippen LogP contribution is -2.03. The Bertz CT molecular complexity index is 4400. The smallest absolute Gasteiger partial charge is 0.234 e. The lowest BCUT2D eigenvalue weighted by atomic mass is 9.98. The fraction of sp³-hybridized carbons (Fsp3) is 0. The van der Waals surface area contributed by atoms with Gasteiger partial charge in [0.1, 0.15) is 0 Å². The molecule has 0 bridgehead atoms. The summed E-state index contributed by atoms with van der Waals surface area (Å²) in [5, 5.41) is 7.05. The van der Waals surface area contributed by atoms with E-state index in [4.69, 9.17) is 24.9 Å². The molecule has 0 saturated carbocycles. The van der Waals surface area contributed by atoms with E-state index in [1.54, 1.807) is 0 Å². The first-order valence-corrected chi connectivity index (χ1v) is 25.1. The number of hydrogen-bond acceptors (Lipinski definition) is 5. The number of aromatic nitrogens is 8. The first kappa shape index (κ1) is 42.4. The van der Waals surface area contributed by atoms with Gasteiger partial charge in [0, 0.05) is 67.2 Å². The van der Waals surface area contributed by atoms with E-state index in [0.717, 1.165) is 66.6 Å². The topological polar surface area (TPSA) is 79.2 Å². The number of para-hydroxylation sites is 4. The minimum atomic E-state index is 0.499. The van der Waals surface area contributed by atoms with Crippen molar-refractivity contribution in [2.45, 2.75) is 0 Å². The van der Waals surface area contributed by atoms with Crippen LogP contribution in [0.4, 0.5) is 0 Å². The molecule has 0 spiro atoms. The van der Waals surface area contributed by atoms with Crippen LogP contribution in [0.25, 0.3) is 139 Å². The Morgan fingerprint density at radius 1 is 0.227 bits per heavy atom. The van der Waals surface area contributed by atoms with Crippen LogP contribution in [0.15, 0.2) is 255 Å². The van der Waals surface area contributed by atoms with Gasteiger partial charge in [-0.1, -0.05) is 158 Å². The molecule has 15 aromatic rings. The molecular formula is C67H42N8. The fourth-order valence-electron chi connectivity index (χ4n) is 11.1. The summed E-state index contributed by atoms with van der Waals surface area (Å²) in [7, 11) is 0. The molecule has 0 aliphatic carbocycles. The van der Waals surface area contributed by atoms with Gasteiger partial charge in [-0.25, -0.2) is 24.9 Å². The van der Waals surface area contributed by atoms with E-state index in [1.807, 2.05) is 73.1 Å². The van der Waals surface area contributed by atoms with Gasteiger partial charge < -0.3 is 9.13 Å². The zero-order valence-corrected chi connectivity index (χ0v) is 40.3. The third-order valence-electron chi connectivity index (χ3n) is 14.6. The number of rotatable bonds is 8. The van der Waals surface area contributed by atoms with Crippen molar-refractivity contribution >= 4 is 65.4 Å². The van der Waals surface area contributed by atoms with E-state index in [9.17, 15) is 0 Å². The summed E-state index contributed by atoms with van der Waals surface area (Å²) in [4.78, 5) is 25.0. The minimum Gasteiger partial charge on any atom is -0.309 e. The highest BCUT2D eigenvalue weighted by atomic mass is 15.2. The van der Waals surface area contributed by atoms with E-state index in [-0.39, 0.29) is 0 Å². The van der Waals surface area contributed by atoms with Gasteiger partial charge >= 0.3 is 0 Å². The molecule has 0 unspecified atom stereocenters. The average molecular weight is 959 g/mol. The Balaban J connectivity index is 0.897. The Morgan fingerprint density at radius 2 is 0.533 bits per heavy atom. The molecule has 10 aromatic carbocycles. The van der Waals surface area contributed by atoms with Crippen LogP contribution < -0.4 is 0 Å². The van der Waals surface area contributed by atoms with E-state index in [0.29, 0.717) is 29.0 Å². The molecule has 8 heteroatoms. The summed E-state index contributed by atoms with van der Waals surface area (Å²) in [5.41, 5.74) is 16.0. The van der Waals surface area contributed by atoms with Crippen molar-refractivity contribution in [3.8, 4) is 73.7 Å². The summed E-state index contributed by atoms with van der Waals surface area (Å²) < 4.78 is 6.90. The van der Waals surface area contributed by atoms with Crippen LogP contribution in [0.5, 0.6) is 0 Å². The van der Waals surface area contributed by atoms with Gasteiger partial charge in [-0.05, 0) is 107 Å². The van der Waals surface area contributed by atoms with Crippen LogP contribution in [-0.4, -0.2) is 38.6 Å². The molecule has 0 N–H and O–H groups in total. The highest BCUT2D eigenvalue weighted by molar-refractivity contribution is 6.14. The highest BCUT2D eigenvalue weighted by Gasteiger charge is 2.20. The van der Waals surface area contributed by atoms with Crippen molar-refractivity contribution in [3.63, 3.8) is 0 Å². The molecule has 0 saturated heterocycles. The van der Waals surface area contributed by atoms with Crippen molar-refractivity contribution in [2.75, 3.05) is 0 Å². The summed E-state index contributed by atoms with van der Waals surface area (Å²) >= 11 is 0. The van der Waals surface area contributed by atoms with Crippen molar-refractivity contribution in [1.29, 1.82) is 0 Å². The normalized spacial score (nSPS) is 11.7. The van der Waals surface area contributed by atoms with E-state index in [1.165, 1.54) is 43.6 Å². The van der Waals surface area contributed by atoms with Gasteiger partial charge in [-0.3, -0.25) is 4.57 Å². The number of fused-ring (bicyclic) bond motifs is 9. The van der Waals surface area contributed by atoms with Crippen LogP contribution in [0.2, 0.25) is 0 Å². The summed E-state index contributed by atoms with van der Waals surface area (Å²) in [6.45, 7) is 0. The Kier molecular flexibility index (Phi) is 9.71. The van der Waals surface area contributed by atoms with E-state index < -0.39 is 0 Å². The Labute approximate surface area is 430 Å². The molecule has 0 fully saturated rings. The second-order valence-electron chi connectivity index (χ2n) is 18.9. The number of hydrogen-bond donors (Lipinski definition) is 0. The molecule has 75 heavy (non-hydrogen) atoms. The van der Waals surface area contributed by atoms with Gasteiger partial charge in [-0.2, -0.15) is 0 Å². The molecule has 5 aromatic heterocycles. The van der Waals surface area contributed by atoms with Crippen LogP contribution in [-0.2, 0) is 0 Å². The summed E-state index contributed by atoms with van der Waals surface area (Å²) in [5.74, 6) is 2.21. The van der Waals surface area contributed by atoms with Crippen molar-refractivity contribution in [1.82, 2.24) is 38.6 Å². The van der Waals surface area contributed by atoms with E-state index >= 15 is 0 Å². The van der Waals surface area contributed by atoms with Crippen molar-refractivity contribution < 1.29 is 0 Å². The Morgan fingerprint density at radius 3 is 0.933 bits per heavy atom. The first-order valence-electron chi connectivity index (χ1n) is 25.1. The predicted octanol–water partition coefficient (Wildman–Crippen LogP) is 16.3. The Hall–Kier alpha value is -10.3. The zero-order chi connectivity index (χ0) is 49.4.